The Morgan fingerprint density at radius 2 is 1.72 bits per heavy atom. The van der Waals surface area contributed by atoms with E-state index in [4.69, 9.17) is 16.5 Å². The molecule has 0 aliphatic carbocycles. The minimum atomic E-state index is -2.92. The van der Waals surface area contributed by atoms with Gasteiger partial charge in [-0.15, -0.1) is 0 Å². The highest BCUT2D eigenvalue weighted by Gasteiger charge is 2.26. The average Bonchev–Trinajstić information content (AvgIpc) is 2.86. The van der Waals surface area contributed by atoms with Gasteiger partial charge in [0.15, 0.2) is 0 Å². The number of rotatable bonds is 7. The van der Waals surface area contributed by atoms with Crippen molar-refractivity contribution >= 4 is 23.2 Å². The summed E-state index contributed by atoms with van der Waals surface area (Å²) in [5, 5.41) is 2.69. The lowest BCUT2D eigenvalue weighted by molar-refractivity contribution is -0.112. The van der Waals surface area contributed by atoms with E-state index in [9.17, 15) is 13.6 Å². The molecular weight excluding hydrogens is 462 g/mol. The van der Waals surface area contributed by atoms with Crippen molar-refractivity contribution in [2.24, 2.45) is 17.4 Å². The Bertz CT molecular complexity index is 1170. The fourth-order valence-corrected chi connectivity index (χ4v) is 4.78. The van der Waals surface area contributed by atoms with Crippen LogP contribution in [-0.4, -0.2) is 43.5 Å². The lowest BCUT2D eigenvalue weighted by Crippen LogP contribution is -2.45. The Balaban J connectivity index is 1.67. The van der Waals surface area contributed by atoms with Crippen molar-refractivity contribution in [2.45, 2.75) is 39.5 Å². The molecule has 2 aliphatic heterocycles. The van der Waals surface area contributed by atoms with Gasteiger partial charge in [0.1, 0.15) is 11.6 Å². The molecule has 0 radical (unpaired) electrons. The van der Waals surface area contributed by atoms with Crippen LogP contribution >= 0.6 is 0 Å². The molecule has 9 heteroatoms. The summed E-state index contributed by atoms with van der Waals surface area (Å²) in [6, 6.07) is 9.68. The molecule has 2 aliphatic rings. The van der Waals surface area contributed by atoms with Crippen LogP contribution in [0.25, 0.3) is 11.1 Å². The molecule has 0 atom stereocenters. The zero-order chi connectivity index (χ0) is 25.8. The number of halogens is 2. The molecule has 1 amide bonds. The number of nitrogens with two attached hydrogens (primary N) is 2. The van der Waals surface area contributed by atoms with Gasteiger partial charge in [-0.05, 0) is 73.1 Å². The molecule has 36 heavy (non-hydrogen) atoms. The summed E-state index contributed by atoms with van der Waals surface area (Å²) in [6.07, 6.45) is 2.18. The van der Waals surface area contributed by atoms with Crippen molar-refractivity contribution in [1.82, 2.24) is 4.98 Å². The number of carbonyl (C=O) groups excluding carboxylic acids is 1. The van der Waals surface area contributed by atoms with E-state index < -0.39 is 17.9 Å². The van der Waals surface area contributed by atoms with Gasteiger partial charge in [-0.25, -0.2) is 13.8 Å². The van der Waals surface area contributed by atoms with Crippen molar-refractivity contribution in [3.8, 4) is 11.1 Å². The first-order valence-electron chi connectivity index (χ1n) is 12.4. The number of nitrogens with zero attached hydrogens (tertiary/aromatic N) is 3. The van der Waals surface area contributed by atoms with E-state index in [0.717, 1.165) is 73.5 Å². The molecule has 4 rings (SSSR count). The molecule has 2 aromatic rings. The van der Waals surface area contributed by atoms with Gasteiger partial charge in [0.05, 0.1) is 5.57 Å². The van der Waals surface area contributed by atoms with E-state index >= 15 is 0 Å². The number of benzene rings is 1. The van der Waals surface area contributed by atoms with E-state index in [0.29, 0.717) is 17.8 Å². The maximum atomic E-state index is 13.3. The third-order valence-electron chi connectivity index (χ3n) is 6.81. The van der Waals surface area contributed by atoms with E-state index in [1.165, 1.54) is 6.42 Å². The van der Waals surface area contributed by atoms with Crippen LogP contribution in [0.5, 0.6) is 0 Å². The summed E-state index contributed by atoms with van der Waals surface area (Å²) in [4.78, 5) is 22.4. The monoisotopic (exact) mass is 496 g/mol. The van der Waals surface area contributed by atoms with Gasteiger partial charge >= 0.3 is 0 Å². The fourth-order valence-electron chi connectivity index (χ4n) is 4.78. The Hall–Kier alpha value is -3.62. The normalized spacial score (nSPS) is 17.4. The number of hydrogen-bond donors (Lipinski definition) is 3. The third-order valence-corrected chi connectivity index (χ3v) is 6.81. The average molecular weight is 497 g/mol. The fraction of sp³-hybridized carbons (Fsp3) is 0.407. The van der Waals surface area contributed by atoms with Crippen LogP contribution in [-0.2, 0) is 4.79 Å². The van der Waals surface area contributed by atoms with Crippen molar-refractivity contribution in [2.75, 3.05) is 41.3 Å². The number of alkyl halides is 2. The number of anilines is 3. The summed E-state index contributed by atoms with van der Waals surface area (Å²) in [5.41, 5.74) is 13.2. The molecule has 0 spiro atoms. The molecule has 192 valence electrons. The molecule has 0 unspecified atom stereocenters. The number of hydrogen-bond acceptors (Lipinski definition) is 6. The van der Waals surface area contributed by atoms with Gasteiger partial charge in [0.25, 0.3) is 12.3 Å². The zero-order valence-corrected chi connectivity index (χ0v) is 20.8. The maximum Gasteiger partial charge on any atom is 0.266 e. The standard InChI is InChI=1S/C27H34F2N6O/c1-17-15-35(16-17)25-11-19(10-24(33-25)34-8-4-3-5-9-34)21-12-20(7-6-18(21)2)32-27(36)23(14-31)22(13-30)26(28)29/h6-7,10-14,17,26H,3-5,8-9,15-16,30-31H2,1-2H3,(H,32,36)/b22-13+,23-14+. The van der Waals surface area contributed by atoms with Crippen molar-refractivity contribution in [1.29, 1.82) is 0 Å². The second-order valence-corrected chi connectivity index (χ2v) is 9.62. The number of pyridine rings is 1. The minimum absolute atomic E-state index is 0.361. The molecule has 1 aromatic carbocycles. The first-order chi connectivity index (χ1) is 17.3. The van der Waals surface area contributed by atoms with Crippen LogP contribution < -0.4 is 26.6 Å². The van der Waals surface area contributed by atoms with Gasteiger partial charge in [-0.3, -0.25) is 4.79 Å². The summed E-state index contributed by atoms with van der Waals surface area (Å²) in [7, 11) is 0. The van der Waals surface area contributed by atoms with Crippen molar-refractivity contribution < 1.29 is 13.6 Å². The molecule has 2 saturated heterocycles. The number of carbonyl (C=O) groups is 1. The highest BCUT2D eigenvalue weighted by molar-refractivity contribution is 6.07. The number of amides is 1. The van der Waals surface area contributed by atoms with Crippen LogP contribution in [0.1, 0.15) is 31.7 Å². The maximum absolute atomic E-state index is 13.3. The van der Waals surface area contributed by atoms with Crippen molar-refractivity contribution in [3.05, 3.63) is 59.4 Å². The zero-order valence-electron chi connectivity index (χ0n) is 20.8. The molecule has 5 N–H and O–H groups in total. The van der Waals surface area contributed by atoms with Crippen molar-refractivity contribution in [3.63, 3.8) is 0 Å². The molecule has 0 saturated carbocycles. The molecule has 7 nitrogen and oxygen atoms in total. The quantitative estimate of drug-likeness (QED) is 0.388. The van der Waals surface area contributed by atoms with E-state index in [-0.39, 0.29) is 5.57 Å². The first kappa shape index (κ1) is 25.5. The molecule has 0 bridgehead atoms. The number of nitrogens with one attached hydrogen (secondary N) is 1. The third kappa shape index (κ3) is 5.45. The second-order valence-electron chi connectivity index (χ2n) is 9.62. The van der Waals surface area contributed by atoms with Gasteiger partial charge in [0.2, 0.25) is 0 Å². The predicted octanol–water partition coefficient (Wildman–Crippen LogP) is 4.39. The Morgan fingerprint density at radius 3 is 2.31 bits per heavy atom. The Kier molecular flexibility index (Phi) is 7.76. The van der Waals surface area contributed by atoms with E-state index in [2.05, 4.69) is 34.2 Å². The SMILES string of the molecule is Cc1ccc(NC(=O)C(=C/N)/C(=C\N)C(F)F)cc1-c1cc(N2CCCCC2)nc(N2CC(C)C2)c1. The molecule has 1 aromatic heterocycles. The van der Waals surface area contributed by atoms with Gasteiger partial charge in [-0.2, -0.15) is 0 Å². The van der Waals surface area contributed by atoms with E-state index in [1.807, 2.05) is 19.1 Å². The highest BCUT2D eigenvalue weighted by atomic mass is 19.3. The highest BCUT2D eigenvalue weighted by Crippen LogP contribution is 2.35. The van der Waals surface area contributed by atoms with Crippen LogP contribution in [0, 0.1) is 12.8 Å². The Morgan fingerprint density at radius 1 is 1.06 bits per heavy atom. The molecule has 3 heterocycles. The predicted molar refractivity (Wildman–Crippen MR) is 141 cm³/mol. The van der Waals surface area contributed by atoms with Crippen LogP contribution in [0.2, 0.25) is 0 Å². The minimum Gasteiger partial charge on any atom is -0.404 e. The summed E-state index contributed by atoms with van der Waals surface area (Å²) >= 11 is 0. The Labute approximate surface area is 210 Å². The second kappa shape index (κ2) is 11.0. The lowest BCUT2D eigenvalue weighted by Gasteiger charge is -2.39. The van der Waals surface area contributed by atoms with Gasteiger partial charge in [0, 0.05) is 49.8 Å². The molecule has 2 fully saturated rings. The topological polar surface area (TPSA) is 101 Å². The number of aryl methyl sites for hydroxylation is 1. The largest absolute Gasteiger partial charge is 0.404 e. The van der Waals surface area contributed by atoms with Gasteiger partial charge < -0.3 is 26.6 Å². The van der Waals surface area contributed by atoms with Crippen LogP contribution in [0.4, 0.5) is 26.1 Å². The summed E-state index contributed by atoms with van der Waals surface area (Å²) in [6.45, 7) is 8.14. The first-order valence-corrected chi connectivity index (χ1v) is 12.4. The number of aromatic nitrogens is 1. The summed E-state index contributed by atoms with van der Waals surface area (Å²) in [5.74, 6) is 1.80. The van der Waals surface area contributed by atoms with Crippen LogP contribution in [0.15, 0.2) is 53.9 Å². The molecular formula is C27H34F2N6O. The number of piperidine rings is 1. The lowest BCUT2D eigenvalue weighted by atomic mass is 9.98. The van der Waals surface area contributed by atoms with Gasteiger partial charge in [-0.1, -0.05) is 13.0 Å². The summed E-state index contributed by atoms with van der Waals surface area (Å²) < 4.78 is 26.6. The van der Waals surface area contributed by atoms with Crippen LogP contribution in [0.3, 0.4) is 0 Å². The smallest absolute Gasteiger partial charge is 0.266 e. The van der Waals surface area contributed by atoms with E-state index in [1.54, 1.807) is 6.07 Å².